The topological polar surface area (TPSA) is 76.7 Å². The number of hydrogen-bond donors (Lipinski definition) is 2. The zero-order chi connectivity index (χ0) is 19.8. The molecule has 0 bridgehead atoms. The van der Waals surface area contributed by atoms with Crippen LogP contribution in [-0.4, -0.2) is 35.5 Å². The van der Waals surface area contributed by atoms with Crippen LogP contribution in [0.15, 0.2) is 0 Å². The van der Waals surface area contributed by atoms with E-state index in [9.17, 15) is 9.59 Å². The van der Waals surface area contributed by atoms with Gasteiger partial charge >= 0.3 is 12.2 Å². The zero-order valence-electron chi connectivity index (χ0n) is 17.8. The van der Waals surface area contributed by atoms with Crippen molar-refractivity contribution in [1.29, 1.82) is 0 Å². The van der Waals surface area contributed by atoms with Crippen molar-refractivity contribution in [1.82, 2.24) is 10.6 Å². The molecule has 6 nitrogen and oxygen atoms in total. The van der Waals surface area contributed by atoms with Crippen LogP contribution >= 0.6 is 0 Å². The third-order valence-corrected chi connectivity index (χ3v) is 4.15. The molecule has 160 valence electrons. The smallest absolute Gasteiger partial charge is 0.407 e. The molecule has 0 aromatic heterocycles. The summed E-state index contributed by atoms with van der Waals surface area (Å²) in [5, 5.41) is 5.75. The Morgan fingerprint density at radius 3 is 1.15 bits per heavy atom. The summed E-state index contributed by atoms with van der Waals surface area (Å²) in [5.74, 6) is 0. The van der Waals surface area contributed by atoms with E-state index < -0.39 is 0 Å². The van der Waals surface area contributed by atoms with Crippen LogP contribution in [0.3, 0.4) is 0 Å². The van der Waals surface area contributed by atoms with E-state index in [0.29, 0.717) is 12.1 Å². The number of hydrogen-bond acceptors (Lipinski definition) is 4. The van der Waals surface area contributed by atoms with Crippen LogP contribution in [-0.2, 0) is 26.5 Å². The largest absolute Gasteiger partial charge is 0.444 e. The molecule has 7 heteroatoms. The number of carbonyl (C=O) groups is 2. The Balaban J connectivity index is 0.000000483. The van der Waals surface area contributed by atoms with Crippen molar-refractivity contribution >= 4 is 12.2 Å². The molecule has 0 aliphatic heterocycles. The van der Waals surface area contributed by atoms with E-state index in [1.165, 1.54) is 25.7 Å². The molecule has 0 aromatic carbocycles. The molecule has 0 radical (unpaired) electrons. The minimum atomic E-state index is -0.386. The molecule has 2 saturated carbocycles. The minimum Gasteiger partial charge on any atom is -0.444 e. The average molecular weight is 426 g/mol. The van der Waals surface area contributed by atoms with E-state index in [2.05, 4.69) is 10.6 Å². The van der Waals surface area contributed by atoms with Crippen molar-refractivity contribution in [3.63, 3.8) is 0 Å². The number of alkyl carbamates (subject to hydrolysis) is 2. The van der Waals surface area contributed by atoms with Crippen molar-refractivity contribution in [3.05, 3.63) is 0 Å². The van der Waals surface area contributed by atoms with E-state index >= 15 is 0 Å². The van der Waals surface area contributed by atoms with Crippen LogP contribution in [0.1, 0.15) is 92.9 Å². The maximum atomic E-state index is 11.3. The summed E-state index contributed by atoms with van der Waals surface area (Å²) in [7, 11) is 0. The fourth-order valence-electron chi connectivity index (χ4n) is 3.09. The maximum absolute atomic E-state index is 11.3. The van der Waals surface area contributed by atoms with E-state index in [0.717, 1.165) is 25.7 Å². The Kier molecular flexibility index (Phi) is 11.4. The van der Waals surface area contributed by atoms with E-state index in [-0.39, 0.29) is 40.5 Å². The van der Waals surface area contributed by atoms with Gasteiger partial charge in [0, 0.05) is 29.2 Å². The summed E-state index contributed by atoms with van der Waals surface area (Å²) >= 11 is 0. The Bertz CT molecular complexity index is 404. The molecule has 2 fully saturated rings. The van der Waals surface area contributed by atoms with Gasteiger partial charge in [0.2, 0.25) is 0 Å². The van der Waals surface area contributed by atoms with Gasteiger partial charge in [-0.05, 0) is 67.2 Å². The normalized spacial score (nSPS) is 18.0. The first kappa shape index (κ1) is 26.1. The average Bonchev–Trinajstić information content (AvgIpc) is 3.08. The molecule has 0 heterocycles. The quantitative estimate of drug-likeness (QED) is 0.616. The van der Waals surface area contributed by atoms with Gasteiger partial charge in [-0.2, -0.15) is 0 Å². The number of carbonyl (C=O) groups excluding carboxylic acids is 2. The molecule has 2 rings (SSSR count). The number of nitrogens with one attached hydrogen (secondary N) is 2. The second-order valence-electron chi connectivity index (χ2n) is 9.26. The molecule has 0 atom stereocenters. The SMILES string of the molecule is CC(C)(C)OC(=O)NC1CCCC1.CC(C)(C)OC(=O)NC1CCCC1.[Fe]. The summed E-state index contributed by atoms with van der Waals surface area (Å²) in [4.78, 5) is 22.6. The second-order valence-corrected chi connectivity index (χ2v) is 9.26. The predicted octanol–water partition coefficient (Wildman–Crippen LogP) is 4.90. The van der Waals surface area contributed by atoms with Gasteiger partial charge in [0.25, 0.3) is 0 Å². The molecule has 2 aliphatic carbocycles. The van der Waals surface area contributed by atoms with E-state index in [4.69, 9.17) is 9.47 Å². The molecule has 0 spiro atoms. The van der Waals surface area contributed by atoms with Crippen LogP contribution in [0.4, 0.5) is 9.59 Å². The van der Waals surface area contributed by atoms with Crippen LogP contribution < -0.4 is 10.6 Å². The summed E-state index contributed by atoms with van der Waals surface area (Å²) in [6.07, 6.45) is 8.72. The van der Waals surface area contributed by atoms with Crippen LogP contribution in [0.2, 0.25) is 0 Å². The number of rotatable bonds is 2. The first-order valence-corrected chi connectivity index (χ1v) is 9.94. The third-order valence-electron chi connectivity index (χ3n) is 4.15. The van der Waals surface area contributed by atoms with Crippen molar-refractivity contribution in [2.75, 3.05) is 0 Å². The first-order valence-electron chi connectivity index (χ1n) is 9.94. The molecule has 2 N–H and O–H groups in total. The molecule has 2 aliphatic rings. The minimum absolute atomic E-state index is 0. The van der Waals surface area contributed by atoms with Crippen LogP contribution in [0.5, 0.6) is 0 Å². The Labute approximate surface area is 175 Å². The first-order chi connectivity index (χ1) is 11.9. The second kappa shape index (κ2) is 11.8. The zero-order valence-corrected chi connectivity index (χ0v) is 18.9. The predicted molar refractivity (Wildman–Crippen MR) is 103 cm³/mol. The van der Waals surface area contributed by atoms with Crippen molar-refractivity contribution < 1.29 is 36.1 Å². The van der Waals surface area contributed by atoms with Gasteiger partial charge in [-0.3, -0.25) is 0 Å². The fraction of sp³-hybridized carbons (Fsp3) is 0.900. The Morgan fingerprint density at radius 2 is 0.926 bits per heavy atom. The number of ether oxygens (including phenoxy) is 2. The van der Waals surface area contributed by atoms with Gasteiger partial charge in [-0.1, -0.05) is 25.7 Å². The molecule has 2 amide bonds. The monoisotopic (exact) mass is 426 g/mol. The standard InChI is InChI=1S/2C10H19NO2.Fe/c2*1-10(2,3)13-9(12)11-8-6-4-5-7-8;/h2*8H,4-7H2,1-3H3,(H,11,12);. The number of amides is 2. The van der Waals surface area contributed by atoms with Crippen molar-refractivity contribution in [2.24, 2.45) is 0 Å². The van der Waals surface area contributed by atoms with Gasteiger partial charge in [-0.25, -0.2) is 9.59 Å². The van der Waals surface area contributed by atoms with Gasteiger partial charge < -0.3 is 20.1 Å². The van der Waals surface area contributed by atoms with Gasteiger partial charge in [0.15, 0.2) is 0 Å². The fourth-order valence-corrected chi connectivity index (χ4v) is 3.09. The van der Waals surface area contributed by atoms with Crippen LogP contribution in [0.25, 0.3) is 0 Å². The molecular weight excluding hydrogens is 388 g/mol. The van der Waals surface area contributed by atoms with E-state index in [1.807, 2.05) is 41.5 Å². The maximum Gasteiger partial charge on any atom is 0.407 e. The van der Waals surface area contributed by atoms with Gasteiger partial charge in [0.1, 0.15) is 11.2 Å². The Morgan fingerprint density at radius 1 is 0.667 bits per heavy atom. The van der Waals surface area contributed by atoms with Gasteiger partial charge in [0.05, 0.1) is 0 Å². The molecule has 27 heavy (non-hydrogen) atoms. The molecular formula is C20H38FeN2O4. The van der Waals surface area contributed by atoms with E-state index in [1.54, 1.807) is 0 Å². The third kappa shape index (κ3) is 13.8. The summed E-state index contributed by atoms with van der Waals surface area (Å²) in [6.45, 7) is 11.3. The van der Waals surface area contributed by atoms with Gasteiger partial charge in [-0.15, -0.1) is 0 Å². The molecule has 0 saturated heterocycles. The van der Waals surface area contributed by atoms with Crippen molar-refractivity contribution in [3.8, 4) is 0 Å². The molecule has 0 unspecified atom stereocenters. The Hall–Kier alpha value is -0.941. The summed E-state index contributed by atoms with van der Waals surface area (Å²) in [5.41, 5.74) is -0.772. The van der Waals surface area contributed by atoms with Crippen LogP contribution in [0, 0.1) is 0 Å². The molecule has 0 aromatic rings. The summed E-state index contributed by atoms with van der Waals surface area (Å²) in [6, 6.07) is 0.685. The van der Waals surface area contributed by atoms with Crippen molar-refractivity contribution in [2.45, 2.75) is 116 Å². The summed E-state index contributed by atoms with van der Waals surface area (Å²) < 4.78 is 10.3.